The predicted octanol–water partition coefficient (Wildman–Crippen LogP) is 3.44. The average molecular weight is 256 g/mol. The predicted molar refractivity (Wildman–Crippen MR) is 65.1 cm³/mol. The van der Waals surface area contributed by atoms with Crippen molar-refractivity contribution in [2.24, 2.45) is 5.73 Å². The maximum atomic E-state index is 12.1. The summed E-state index contributed by atoms with van der Waals surface area (Å²) in [7, 11) is 0. The van der Waals surface area contributed by atoms with Gasteiger partial charge in [0.25, 0.3) is 0 Å². The lowest BCUT2D eigenvalue weighted by atomic mass is 10.2. The standard InChI is InChI=1S/C13H15F3N2/c14-13(15,16)6-3-7-18-9-10(8-17)11-4-1-2-5-12(11)18/h1-2,4-5,9H,3,6-8,17H2. The SMILES string of the molecule is NCc1cn(CCCC(F)(F)F)c2ccccc12. The van der Waals surface area contributed by atoms with E-state index in [4.69, 9.17) is 5.73 Å². The minimum absolute atomic E-state index is 0.0895. The number of halogens is 3. The molecule has 0 bridgehead atoms. The Morgan fingerprint density at radius 3 is 2.56 bits per heavy atom. The summed E-state index contributed by atoms with van der Waals surface area (Å²) in [5.41, 5.74) is 7.55. The number of benzene rings is 1. The summed E-state index contributed by atoms with van der Waals surface area (Å²) in [6.45, 7) is 0.757. The molecule has 18 heavy (non-hydrogen) atoms. The van der Waals surface area contributed by atoms with Gasteiger partial charge in [-0.2, -0.15) is 13.2 Å². The Morgan fingerprint density at radius 2 is 1.89 bits per heavy atom. The van der Waals surface area contributed by atoms with Gasteiger partial charge in [-0.15, -0.1) is 0 Å². The van der Waals surface area contributed by atoms with Gasteiger partial charge in [0.1, 0.15) is 0 Å². The van der Waals surface area contributed by atoms with E-state index in [1.807, 2.05) is 35.0 Å². The van der Waals surface area contributed by atoms with Crippen molar-refractivity contribution in [3.05, 3.63) is 36.0 Å². The number of fused-ring (bicyclic) bond motifs is 1. The molecule has 1 aromatic heterocycles. The van der Waals surface area contributed by atoms with Crippen LogP contribution in [0.15, 0.2) is 30.5 Å². The first kappa shape index (κ1) is 13.0. The molecule has 1 heterocycles. The van der Waals surface area contributed by atoms with Gasteiger partial charge in [-0.3, -0.25) is 0 Å². The Kier molecular flexibility index (Phi) is 3.61. The molecule has 0 aliphatic carbocycles. The molecule has 0 fully saturated rings. The first-order chi connectivity index (χ1) is 8.51. The van der Waals surface area contributed by atoms with Crippen LogP contribution < -0.4 is 5.73 Å². The molecule has 0 amide bonds. The lowest BCUT2D eigenvalue weighted by molar-refractivity contribution is -0.135. The number of aryl methyl sites for hydroxylation is 1. The largest absolute Gasteiger partial charge is 0.389 e. The van der Waals surface area contributed by atoms with Crippen molar-refractivity contribution >= 4 is 10.9 Å². The van der Waals surface area contributed by atoms with Crippen LogP contribution in [0.3, 0.4) is 0 Å². The summed E-state index contributed by atoms with van der Waals surface area (Å²) < 4.78 is 38.2. The number of nitrogens with two attached hydrogens (primary N) is 1. The van der Waals surface area contributed by atoms with Gasteiger partial charge in [0.2, 0.25) is 0 Å². The van der Waals surface area contributed by atoms with Crippen molar-refractivity contribution in [3.8, 4) is 0 Å². The first-order valence-corrected chi connectivity index (χ1v) is 5.85. The zero-order chi connectivity index (χ0) is 13.2. The lowest BCUT2D eigenvalue weighted by Crippen LogP contribution is -2.09. The Morgan fingerprint density at radius 1 is 1.17 bits per heavy atom. The van der Waals surface area contributed by atoms with Gasteiger partial charge in [0.15, 0.2) is 0 Å². The topological polar surface area (TPSA) is 30.9 Å². The van der Waals surface area contributed by atoms with Gasteiger partial charge in [-0.25, -0.2) is 0 Å². The molecule has 98 valence electrons. The molecule has 0 unspecified atom stereocenters. The van der Waals surface area contributed by atoms with Crippen LogP contribution in [-0.4, -0.2) is 10.7 Å². The van der Waals surface area contributed by atoms with E-state index >= 15 is 0 Å². The van der Waals surface area contributed by atoms with Crippen molar-refractivity contribution in [3.63, 3.8) is 0 Å². The van der Waals surface area contributed by atoms with Crippen molar-refractivity contribution in [1.82, 2.24) is 4.57 Å². The molecule has 0 spiro atoms. The van der Waals surface area contributed by atoms with E-state index in [1.165, 1.54) is 0 Å². The highest BCUT2D eigenvalue weighted by atomic mass is 19.4. The highest BCUT2D eigenvalue weighted by Gasteiger charge is 2.26. The maximum absolute atomic E-state index is 12.1. The average Bonchev–Trinajstić information content (AvgIpc) is 2.66. The molecule has 0 saturated heterocycles. The molecule has 2 N–H and O–H groups in total. The van der Waals surface area contributed by atoms with E-state index in [0.717, 1.165) is 16.5 Å². The van der Waals surface area contributed by atoms with E-state index in [-0.39, 0.29) is 6.42 Å². The third-order valence-electron chi connectivity index (χ3n) is 2.95. The summed E-state index contributed by atoms with van der Waals surface area (Å²) >= 11 is 0. The Balaban J connectivity index is 2.18. The number of alkyl halides is 3. The molecule has 2 nitrogen and oxygen atoms in total. The number of para-hydroxylation sites is 1. The second-order valence-corrected chi connectivity index (χ2v) is 4.29. The van der Waals surface area contributed by atoms with Gasteiger partial charge < -0.3 is 10.3 Å². The van der Waals surface area contributed by atoms with Gasteiger partial charge in [-0.1, -0.05) is 18.2 Å². The minimum Gasteiger partial charge on any atom is -0.347 e. The van der Waals surface area contributed by atoms with Gasteiger partial charge in [0.05, 0.1) is 0 Å². The summed E-state index contributed by atoms with van der Waals surface area (Å²) in [6.07, 6.45) is -2.90. The summed E-state index contributed by atoms with van der Waals surface area (Å²) in [4.78, 5) is 0. The maximum Gasteiger partial charge on any atom is 0.389 e. The Hall–Kier alpha value is -1.49. The minimum atomic E-state index is -4.08. The highest BCUT2D eigenvalue weighted by Crippen LogP contribution is 2.24. The van der Waals surface area contributed by atoms with Crippen molar-refractivity contribution in [2.45, 2.75) is 32.1 Å². The summed E-state index contributed by atoms with van der Waals surface area (Å²) in [5, 5.41) is 1.02. The fourth-order valence-electron chi connectivity index (χ4n) is 2.12. The second kappa shape index (κ2) is 5.02. The smallest absolute Gasteiger partial charge is 0.347 e. The lowest BCUT2D eigenvalue weighted by Gasteiger charge is -2.07. The van der Waals surface area contributed by atoms with E-state index in [1.54, 1.807) is 0 Å². The van der Waals surface area contributed by atoms with E-state index in [9.17, 15) is 13.2 Å². The van der Waals surface area contributed by atoms with Crippen molar-refractivity contribution in [1.29, 1.82) is 0 Å². The molecule has 0 aliphatic rings. The molecule has 5 heteroatoms. The molecule has 2 rings (SSSR count). The zero-order valence-corrected chi connectivity index (χ0v) is 9.87. The van der Waals surface area contributed by atoms with Crippen LogP contribution in [0.4, 0.5) is 13.2 Å². The molecule has 1 aromatic carbocycles. The molecule has 2 aromatic rings. The molecule has 0 atom stereocenters. The monoisotopic (exact) mass is 256 g/mol. The van der Waals surface area contributed by atoms with Crippen LogP contribution in [-0.2, 0) is 13.1 Å². The molecule has 0 saturated carbocycles. The first-order valence-electron chi connectivity index (χ1n) is 5.85. The molecular formula is C13H15F3N2. The molecule has 0 radical (unpaired) electrons. The van der Waals surface area contributed by atoms with Crippen molar-refractivity contribution in [2.75, 3.05) is 0 Å². The second-order valence-electron chi connectivity index (χ2n) is 4.29. The van der Waals surface area contributed by atoms with E-state index < -0.39 is 12.6 Å². The number of hydrogen-bond acceptors (Lipinski definition) is 1. The number of hydrogen-bond donors (Lipinski definition) is 1. The van der Waals surface area contributed by atoms with Crippen LogP contribution in [0, 0.1) is 0 Å². The highest BCUT2D eigenvalue weighted by molar-refractivity contribution is 5.83. The van der Waals surface area contributed by atoms with E-state index in [0.29, 0.717) is 13.1 Å². The van der Waals surface area contributed by atoms with Gasteiger partial charge in [0, 0.05) is 36.6 Å². The number of aromatic nitrogens is 1. The number of rotatable bonds is 4. The Bertz CT molecular complexity index is 529. The van der Waals surface area contributed by atoms with Crippen molar-refractivity contribution < 1.29 is 13.2 Å². The van der Waals surface area contributed by atoms with Crippen LogP contribution in [0.5, 0.6) is 0 Å². The Labute approximate surface area is 103 Å². The fourth-order valence-corrected chi connectivity index (χ4v) is 2.12. The summed E-state index contributed by atoms with van der Waals surface area (Å²) in [6, 6.07) is 7.63. The van der Waals surface area contributed by atoms with Gasteiger partial charge >= 0.3 is 6.18 Å². The third-order valence-corrected chi connectivity index (χ3v) is 2.95. The summed E-state index contributed by atoms with van der Waals surface area (Å²) in [5.74, 6) is 0. The normalized spacial score (nSPS) is 12.2. The van der Waals surface area contributed by atoms with Crippen LogP contribution in [0.2, 0.25) is 0 Å². The molecular weight excluding hydrogens is 241 g/mol. The fraction of sp³-hybridized carbons (Fsp3) is 0.385. The van der Waals surface area contributed by atoms with Crippen LogP contribution in [0.1, 0.15) is 18.4 Å². The third kappa shape index (κ3) is 2.85. The quantitative estimate of drug-likeness (QED) is 0.892. The van der Waals surface area contributed by atoms with E-state index in [2.05, 4.69) is 0 Å². The van der Waals surface area contributed by atoms with Gasteiger partial charge in [-0.05, 0) is 18.1 Å². The molecule has 0 aliphatic heterocycles. The van der Waals surface area contributed by atoms with Crippen LogP contribution in [0.25, 0.3) is 10.9 Å². The van der Waals surface area contributed by atoms with Crippen LogP contribution >= 0.6 is 0 Å². The zero-order valence-electron chi connectivity index (χ0n) is 9.87. The number of nitrogens with zero attached hydrogens (tertiary/aromatic N) is 1.